The lowest BCUT2D eigenvalue weighted by Gasteiger charge is -2.49. The molecule has 0 N–H and O–H groups in total. The van der Waals surface area contributed by atoms with Crippen LogP contribution in [-0.4, -0.2) is 68.9 Å². The van der Waals surface area contributed by atoms with Gasteiger partial charge in [0.1, 0.15) is 5.69 Å². The summed E-state index contributed by atoms with van der Waals surface area (Å²) in [5, 5.41) is 8.53. The van der Waals surface area contributed by atoms with Crippen LogP contribution in [0.3, 0.4) is 0 Å². The van der Waals surface area contributed by atoms with Gasteiger partial charge in [-0.15, -0.1) is 5.10 Å². The first-order valence-electron chi connectivity index (χ1n) is 8.88. The molecule has 5 heterocycles. The highest BCUT2D eigenvalue weighted by atomic mass is 16.2. The van der Waals surface area contributed by atoms with E-state index in [0.29, 0.717) is 12.0 Å². The summed E-state index contributed by atoms with van der Waals surface area (Å²) in [4.78, 5) is 20.9. The van der Waals surface area contributed by atoms with Gasteiger partial charge in [0.15, 0.2) is 0 Å². The molecule has 0 spiro atoms. The lowest BCUT2D eigenvalue weighted by atomic mass is 9.75. The van der Waals surface area contributed by atoms with Crippen molar-refractivity contribution in [2.75, 3.05) is 27.2 Å². The number of aromatic nitrogens is 4. The molecule has 0 saturated carbocycles. The zero-order valence-electron chi connectivity index (χ0n) is 14.7. The molecule has 5 rings (SSSR count). The number of carbonyl (C=O) groups excluding carboxylic acids is 1. The normalized spacial score (nSPS) is 28.1. The van der Waals surface area contributed by atoms with E-state index < -0.39 is 0 Å². The van der Waals surface area contributed by atoms with Crippen LogP contribution in [0.2, 0.25) is 0 Å². The van der Waals surface area contributed by atoms with Gasteiger partial charge in [-0.25, -0.2) is 0 Å². The van der Waals surface area contributed by atoms with Crippen LogP contribution >= 0.6 is 0 Å². The topological polar surface area (TPSA) is 67.2 Å². The third kappa shape index (κ3) is 3.16. The van der Waals surface area contributed by atoms with Crippen molar-refractivity contribution in [2.45, 2.75) is 25.4 Å². The van der Waals surface area contributed by atoms with E-state index in [0.717, 1.165) is 43.9 Å². The summed E-state index contributed by atoms with van der Waals surface area (Å²) >= 11 is 0. The fourth-order valence-electron chi connectivity index (χ4n) is 4.17. The van der Waals surface area contributed by atoms with Gasteiger partial charge < -0.3 is 4.90 Å². The van der Waals surface area contributed by atoms with E-state index in [1.807, 2.05) is 43.2 Å². The van der Waals surface area contributed by atoms with Gasteiger partial charge in [-0.05, 0) is 37.4 Å². The average Bonchev–Trinajstić information content (AvgIpc) is 3.11. The van der Waals surface area contributed by atoms with Crippen molar-refractivity contribution in [3.05, 3.63) is 30.6 Å². The molecule has 7 nitrogen and oxygen atoms in total. The summed E-state index contributed by atoms with van der Waals surface area (Å²) in [5.74, 6) is 0.912. The molecule has 1 amide bonds. The van der Waals surface area contributed by atoms with Gasteiger partial charge in [-0.3, -0.25) is 19.4 Å². The molecule has 4 unspecified atom stereocenters. The predicted octanol–water partition coefficient (Wildman–Crippen LogP) is 1.14. The minimum absolute atomic E-state index is 0.153. The number of hydrogen-bond acceptors (Lipinski definition) is 5. The van der Waals surface area contributed by atoms with Gasteiger partial charge in [0.2, 0.25) is 5.91 Å². The second-order valence-electron chi connectivity index (χ2n) is 7.31. The van der Waals surface area contributed by atoms with Crippen LogP contribution in [0.25, 0.3) is 11.4 Å². The van der Waals surface area contributed by atoms with E-state index in [4.69, 9.17) is 0 Å². The molecule has 3 aliphatic rings. The van der Waals surface area contributed by atoms with Crippen molar-refractivity contribution < 1.29 is 4.79 Å². The molecular weight excluding hydrogens is 316 g/mol. The predicted molar refractivity (Wildman–Crippen MR) is 93.5 cm³/mol. The second kappa shape index (κ2) is 6.55. The number of hydrogen-bond donors (Lipinski definition) is 0. The minimum Gasteiger partial charge on any atom is -0.349 e. The smallest absolute Gasteiger partial charge is 0.226 e. The fourth-order valence-corrected chi connectivity index (χ4v) is 4.17. The van der Waals surface area contributed by atoms with Crippen molar-refractivity contribution in [3.8, 4) is 11.4 Å². The standard InChI is InChI=1S/C18H24N6O/c1-22(2)18(25)15-11-23-8-6-13(15)9-14(23)10-24-12-17(20-21-24)16-5-3-4-7-19-16/h3-5,7,12-15H,6,8-11H2,1-2H3. The van der Waals surface area contributed by atoms with Gasteiger partial charge in [-0.1, -0.05) is 11.3 Å². The first-order chi connectivity index (χ1) is 12.1. The van der Waals surface area contributed by atoms with Crippen molar-refractivity contribution in [2.24, 2.45) is 11.8 Å². The Kier molecular flexibility index (Phi) is 4.25. The van der Waals surface area contributed by atoms with E-state index in [1.165, 1.54) is 0 Å². The number of pyridine rings is 1. The molecule has 7 heteroatoms. The summed E-state index contributed by atoms with van der Waals surface area (Å²) in [5.41, 5.74) is 1.65. The fraction of sp³-hybridized carbons (Fsp3) is 0.556. The number of carbonyl (C=O) groups is 1. The molecule has 0 radical (unpaired) electrons. The summed E-state index contributed by atoms with van der Waals surface area (Å²) in [6.45, 7) is 2.77. The van der Waals surface area contributed by atoms with Gasteiger partial charge in [-0.2, -0.15) is 0 Å². The summed E-state index contributed by atoms with van der Waals surface area (Å²) in [7, 11) is 3.71. The number of amides is 1. The van der Waals surface area contributed by atoms with Gasteiger partial charge in [0.25, 0.3) is 0 Å². The second-order valence-corrected chi connectivity index (χ2v) is 7.31. The highest BCUT2D eigenvalue weighted by Gasteiger charge is 2.43. The maximum absolute atomic E-state index is 12.4. The van der Waals surface area contributed by atoms with Crippen molar-refractivity contribution >= 4 is 5.91 Å². The molecule has 2 aromatic heterocycles. The lowest BCUT2D eigenvalue weighted by Crippen LogP contribution is -2.57. The molecule has 3 fully saturated rings. The van der Waals surface area contributed by atoms with Gasteiger partial charge in [0.05, 0.1) is 24.4 Å². The Bertz CT molecular complexity index is 743. The van der Waals surface area contributed by atoms with E-state index in [9.17, 15) is 4.79 Å². The molecule has 4 atom stereocenters. The third-order valence-electron chi connectivity index (χ3n) is 5.50. The first-order valence-corrected chi connectivity index (χ1v) is 8.88. The molecular formula is C18H24N6O. The van der Waals surface area contributed by atoms with Crippen molar-refractivity contribution in [1.29, 1.82) is 0 Å². The maximum atomic E-state index is 12.4. The maximum Gasteiger partial charge on any atom is 0.226 e. The van der Waals surface area contributed by atoms with Crippen LogP contribution in [0.4, 0.5) is 0 Å². The number of rotatable bonds is 4. The van der Waals surface area contributed by atoms with Crippen LogP contribution in [0.1, 0.15) is 12.8 Å². The Morgan fingerprint density at radius 1 is 1.32 bits per heavy atom. The van der Waals surface area contributed by atoms with Crippen LogP contribution in [0.5, 0.6) is 0 Å². The van der Waals surface area contributed by atoms with E-state index in [-0.39, 0.29) is 11.8 Å². The molecule has 3 saturated heterocycles. The molecule has 3 aliphatic heterocycles. The summed E-state index contributed by atoms with van der Waals surface area (Å²) in [6, 6.07) is 6.22. The van der Waals surface area contributed by atoms with Crippen LogP contribution < -0.4 is 0 Å². The quantitative estimate of drug-likeness (QED) is 0.835. The Balaban J connectivity index is 1.43. The van der Waals surface area contributed by atoms with E-state index in [2.05, 4.69) is 20.2 Å². The number of piperidine rings is 3. The Morgan fingerprint density at radius 3 is 2.88 bits per heavy atom. The lowest BCUT2D eigenvalue weighted by molar-refractivity contribution is -0.141. The zero-order chi connectivity index (χ0) is 17.4. The Labute approximate surface area is 147 Å². The van der Waals surface area contributed by atoms with Gasteiger partial charge in [0, 0.05) is 32.9 Å². The third-order valence-corrected chi connectivity index (χ3v) is 5.50. The molecule has 0 aromatic carbocycles. The molecule has 25 heavy (non-hydrogen) atoms. The number of fused-ring (bicyclic) bond motifs is 3. The summed E-state index contributed by atoms with van der Waals surface area (Å²) in [6.07, 6.45) is 5.91. The highest BCUT2D eigenvalue weighted by Crippen LogP contribution is 2.37. The van der Waals surface area contributed by atoms with Crippen LogP contribution in [0.15, 0.2) is 30.6 Å². The molecule has 132 valence electrons. The van der Waals surface area contributed by atoms with Crippen molar-refractivity contribution in [1.82, 2.24) is 29.8 Å². The highest BCUT2D eigenvalue weighted by molar-refractivity contribution is 5.79. The van der Waals surface area contributed by atoms with E-state index in [1.54, 1.807) is 11.1 Å². The largest absolute Gasteiger partial charge is 0.349 e. The van der Waals surface area contributed by atoms with Gasteiger partial charge >= 0.3 is 0 Å². The minimum atomic E-state index is 0.153. The molecule has 2 bridgehead atoms. The molecule has 2 aromatic rings. The van der Waals surface area contributed by atoms with Crippen LogP contribution in [0, 0.1) is 11.8 Å². The van der Waals surface area contributed by atoms with Crippen LogP contribution in [-0.2, 0) is 11.3 Å². The first kappa shape index (κ1) is 16.2. The summed E-state index contributed by atoms with van der Waals surface area (Å²) < 4.78 is 1.91. The SMILES string of the molecule is CN(C)C(=O)C1CN2CCC1CC2Cn1cc(-c2ccccn2)nn1. The Hall–Kier alpha value is -2.28. The van der Waals surface area contributed by atoms with E-state index >= 15 is 0 Å². The Morgan fingerprint density at radius 2 is 2.20 bits per heavy atom. The number of nitrogens with zero attached hydrogens (tertiary/aromatic N) is 6. The zero-order valence-corrected chi connectivity index (χ0v) is 14.7. The monoisotopic (exact) mass is 340 g/mol. The average molecular weight is 340 g/mol. The van der Waals surface area contributed by atoms with Crippen molar-refractivity contribution in [3.63, 3.8) is 0 Å². The molecule has 0 aliphatic carbocycles.